The van der Waals surface area contributed by atoms with Crippen LogP contribution >= 0.6 is 27.5 Å². The Morgan fingerprint density at radius 3 is 2.43 bits per heavy atom. The Labute approximate surface area is 136 Å². The van der Waals surface area contributed by atoms with Crippen LogP contribution in [-0.2, 0) is 10.0 Å². The third-order valence-corrected chi connectivity index (χ3v) is 5.82. The van der Waals surface area contributed by atoms with E-state index in [2.05, 4.69) is 15.9 Å². The Morgan fingerprint density at radius 2 is 1.76 bits per heavy atom. The van der Waals surface area contributed by atoms with Crippen molar-refractivity contribution in [3.63, 3.8) is 0 Å². The van der Waals surface area contributed by atoms with E-state index >= 15 is 0 Å². The first-order valence-corrected chi connectivity index (χ1v) is 8.79. The van der Waals surface area contributed by atoms with E-state index in [0.717, 1.165) is 10.9 Å². The molecule has 0 N–H and O–H groups in total. The molecule has 0 aliphatic heterocycles. The summed E-state index contributed by atoms with van der Waals surface area (Å²) in [5.41, 5.74) is 1.56. The van der Waals surface area contributed by atoms with Crippen molar-refractivity contribution in [2.45, 2.75) is 11.8 Å². The first-order valence-electron chi connectivity index (χ1n) is 6.18. The van der Waals surface area contributed by atoms with Crippen molar-refractivity contribution in [1.29, 1.82) is 0 Å². The Morgan fingerprint density at radius 1 is 1.10 bits per heavy atom. The summed E-state index contributed by atoms with van der Waals surface area (Å²) in [6.07, 6.45) is 1.55. The van der Waals surface area contributed by atoms with Crippen molar-refractivity contribution in [1.82, 2.24) is 3.97 Å². The van der Waals surface area contributed by atoms with Crippen LogP contribution in [0.15, 0.2) is 58.0 Å². The Bertz CT molecular complexity index is 930. The third-order valence-electron chi connectivity index (χ3n) is 3.26. The van der Waals surface area contributed by atoms with Crippen LogP contribution in [0, 0.1) is 6.92 Å². The second-order valence-corrected chi connectivity index (χ2v) is 7.86. The van der Waals surface area contributed by atoms with Crippen LogP contribution in [0.2, 0.25) is 5.02 Å². The van der Waals surface area contributed by atoms with Gasteiger partial charge in [-0.2, -0.15) is 0 Å². The molecule has 21 heavy (non-hydrogen) atoms. The molecule has 1 heterocycles. The predicted molar refractivity (Wildman–Crippen MR) is 88.4 cm³/mol. The maximum absolute atomic E-state index is 12.8. The summed E-state index contributed by atoms with van der Waals surface area (Å²) in [4.78, 5) is 0.248. The molecule has 3 nitrogen and oxygen atoms in total. The van der Waals surface area contributed by atoms with Crippen LogP contribution in [0.5, 0.6) is 0 Å². The Kier molecular flexibility index (Phi) is 3.59. The molecule has 0 aliphatic rings. The average Bonchev–Trinajstić information content (AvgIpc) is 2.76. The molecule has 0 fully saturated rings. The van der Waals surface area contributed by atoms with E-state index in [0.29, 0.717) is 15.0 Å². The number of halogens is 2. The van der Waals surface area contributed by atoms with Gasteiger partial charge in [0.1, 0.15) is 0 Å². The molecule has 0 atom stereocenters. The van der Waals surface area contributed by atoms with Gasteiger partial charge in [-0.3, -0.25) is 0 Å². The van der Waals surface area contributed by atoms with Gasteiger partial charge in [0.25, 0.3) is 10.0 Å². The monoisotopic (exact) mass is 383 g/mol. The molecule has 108 valence electrons. The minimum absolute atomic E-state index is 0.248. The quantitative estimate of drug-likeness (QED) is 0.647. The van der Waals surface area contributed by atoms with E-state index in [1.54, 1.807) is 48.7 Å². The molecule has 0 spiro atoms. The fourth-order valence-corrected chi connectivity index (χ4v) is 4.36. The molecule has 3 aromatic rings. The second kappa shape index (κ2) is 5.16. The fraction of sp³-hybridized carbons (Fsp3) is 0.0667. The minimum Gasteiger partial charge on any atom is -0.240 e. The summed E-state index contributed by atoms with van der Waals surface area (Å²) < 4.78 is 27.5. The van der Waals surface area contributed by atoms with Crippen LogP contribution in [0.25, 0.3) is 10.9 Å². The molecular weight excluding hydrogens is 374 g/mol. The van der Waals surface area contributed by atoms with Gasteiger partial charge >= 0.3 is 0 Å². The summed E-state index contributed by atoms with van der Waals surface area (Å²) in [7, 11) is -3.65. The number of aryl methyl sites for hydroxylation is 1. The SMILES string of the molecule is Cc1ccc(S(=O)(=O)n2cc(Br)c3ccc(Cl)cc32)cc1. The molecule has 2 aromatic carbocycles. The van der Waals surface area contributed by atoms with Crippen molar-refractivity contribution in [2.24, 2.45) is 0 Å². The van der Waals surface area contributed by atoms with Gasteiger partial charge in [0.15, 0.2) is 0 Å². The molecule has 0 bridgehead atoms. The number of aromatic nitrogens is 1. The van der Waals surface area contributed by atoms with Gasteiger partial charge in [-0.15, -0.1) is 0 Å². The number of hydrogen-bond donors (Lipinski definition) is 0. The van der Waals surface area contributed by atoms with Crippen molar-refractivity contribution >= 4 is 48.5 Å². The highest BCUT2D eigenvalue weighted by Crippen LogP contribution is 2.31. The lowest BCUT2D eigenvalue weighted by Gasteiger charge is -2.08. The van der Waals surface area contributed by atoms with E-state index in [1.807, 2.05) is 6.92 Å². The second-order valence-electron chi connectivity index (χ2n) is 4.75. The van der Waals surface area contributed by atoms with Crippen LogP contribution in [-0.4, -0.2) is 12.4 Å². The van der Waals surface area contributed by atoms with Gasteiger partial charge in [-0.1, -0.05) is 35.4 Å². The van der Waals surface area contributed by atoms with Crippen molar-refractivity contribution < 1.29 is 8.42 Å². The predicted octanol–water partition coefficient (Wildman–Crippen LogP) is 4.60. The number of benzene rings is 2. The number of nitrogens with zero attached hydrogens (tertiary/aromatic N) is 1. The molecule has 0 saturated heterocycles. The zero-order valence-corrected chi connectivity index (χ0v) is 14.2. The summed E-state index contributed by atoms with van der Waals surface area (Å²) >= 11 is 9.38. The molecule has 0 aliphatic carbocycles. The van der Waals surface area contributed by atoms with Crippen LogP contribution in [0.3, 0.4) is 0 Å². The number of fused-ring (bicyclic) bond motifs is 1. The molecule has 0 radical (unpaired) electrons. The Hall–Kier alpha value is -1.30. The van der Waals surface area contributed by atoms with Crippen LogP contribution in [0.1, 0.15) is 5.56 Å². The van der Waals surface area contributed by atoms with E-state index in [9.17, 15) is 8.42 Å². The summed E-state index contributed by atoms with van der Waals surface area (Å²) in [6.45, 7) is 1.91. The average molecular weight is 385 g/mol. The highest BCUT2D eigenvalue weighted by molar-refractivity contribution is 9.10. The van der Waals surface area contributed by atoms with Gasteiger partial charge < -0.3 is 0 Å². The third kappa shape index (κ3) is 2.50. The zero-order valence-electron chi connectivity index (χ0n) is 11.0. The molecule has 0 unspecified atom stereocenters. The lowest BCUT2D eigenvalue weighted by atomic mass is 10.2. The normalized spacial score (nSPS) is 12.0. The summed E-state index contributed by atoms with van der Waals surface area (Å²) in [5, 5.41) is 1.29. The van der Waals surface area contributed by atoms with Gasteiger partial charge in [0.05, 0.1) is 10.4 Å². The van der Waals surface area contributed by atoms with Crippen LogP contribution in [0.4, 0.5) is 0 Å². The van der Waals surface area contributed by atoms with Crippen LogP contribution < -0.4 is 0 Å². The molecular formula is C15H11BrClNO2S. The maximum atomic E-state index is 12.8. The lowest BCUT2D eigenvalue weighted by molar-refractivity contribution is 0.589. The van der Waals surface area contributed by atoms with Crippen molar-refractivity contribution in [3.05, 3.63) is 63.7 Å². The first-order chi connectivity index (χ1) is 9.89. The molecule has 0 amide bonds. The number of hydrogen-bond acceptors (Lipinski definition) is 2. The lowest BCUT2D eigenvalue weighted by Crippen LogP contribution is -2.11. The molecule has 3 rings (SSSR count). The number of rotatable bonds is 2. The topological polar surface area (TPSA) is 39.1 Å². The largest absolute Gasteiger partial charge is 0.268 e. The molecule has 0 saturated carbocycles. The van der Waals surface area contributed by atoms with E-state index < -0.39 is 10.0 Å². The highest BCUT2D eigenvalue weighted by atomic mass is 79.9. The Balaban J connectivity index is 2.28. The van der Waals surface area contributed by atoms with E-state index in [4.69, 9.17) is 11.6 Å². The van der Waals surface area contributed by atoms with Gasteiger partial charge in [-0.05, 0) is 47.1 Å². The van der Waals surface area contributed by atoms with Gasteiger partial charge in [0.2, 0.25) is 0 Å². The van der Waals surface area contributed by atoms with Crippen molar-refractivity contribution in [3.8, 4) is 0 Å². The minimum atomic E-state index is -3.65. The fourth-order valence-electron chi connectivity index (χ4n) is 2.15. The highest BCUT2D eigenvalue weighted by Gasteiger charge is 2.20. The summed E-state index contributed by atoms with van der Waals surface area (Å²) in [6, 6.07) is 11.9. The molecule has 1 aromatic heterocycles. The summed E-state index contributed by atoms with van der Waals surface area (Å²) in [5.74, 6) is 0. The standard InChI is InChI=1S/C15H11BrClNO2S/c1-10-2-5-12(6-3-10)21(19,20)18-9-14(16)13-7-4-11(17)8-15(13)18/h2-9H,1H3. The molecule has 6 heteroatoms. The first kappa shape index (κ1) is 14.6. The maximum Gasteiger partial charge on any atom is 0.268 e. The van der Waals surface area contributed by atoms with Crippen molar-refractivity contribution in [2.75, 3.05) is 0 Å². The zero-order chi connectivity index (χ0) is 15.2. The van der Waals surface area contributed by atoms with Gasteiger partial charge in [-0.25, -0.2) is 12.4 Å². The van der Waals surface area contributed by atoms with E-state index in [1.165, 1.54) is 3.97 Å². The van der Waals surface area contributed by atoms with Gasteiger partial charge in [0, 0.05) is 21.1 Å². The smallest absolute Gasteiger partial charge is 0.240 e. The van der Waals surface area contributed by atoms with E-state index in [-0.39, 0.29) is 4.90 Å².